The molecule has 0 aliphatic rings. The summed E-state index contributed by atoms with van der Waals surface area (Å²) in [5.41, 5.74) is 7.71. The molecule has 8 nitrogen and oxygen atoms in total. The molecule has 2 aromatic rings. The van der Waals surface area contributed by atoms with Gasteiger partial charge in [-0.3, -0.25) is 9.76 Å². The van der Waals surface area contributed by atoms with E-state index in [0.29, 0.717) is 0 Å². The molecular weight excluding hydrogens is 340 g/mol. The van der Waals surface area contributed by atoms with Crippen molar-refractivity contribution < 1.29 is 18.2 Å². The molecule has 23 heavy (non-hydrogen) atoms. The number of hydrogen-bond acceptors (Lipinski definition) is 6. The molecule has 0 amide bonds. The Morgan fingerprint density at radius 2 is 1.96 bits per heavy atom. The number of nitrogens with zero attached hydrogens (tertiary/aromatic N) is 2. The maximum atomic E-state index is 10.5. The summed E-state index contributed by atoms with van der Waals surface area (Å²) in [7, 11) is -4.02. The van der Waals surface area contributed by atoms with Crippen LogP contribution in [0.15, 0.2) is 56.9 Å². The lowest BCUT2D eigenvalue weighted by atomic mass is 10.2. The third kappa shape index (κ3) is 7.51. The van der Waals surface area contributed by atoms with Crippen LogP contribution in [0.5, 0.6) is 0 Å². The number of hydroxylamine groups is 1. The summed E-state index contributed by atoms with van der Waals surface area (Å²) in [5, 5.41) is 17.2. The Hall–Kier alpha value is -2.27. The highest BCUT2D eigenvalue weighted by molar-refractivity contribution is 7.85. The van der Waals surface area contributed by atoms with Crippen LogP contribution in [0.3, 0.4) is 0 Å². The van der Waals surface area contributed by atoms with E-state index < -0.39 is 10.1 Å². The number of nitrogens with one attached hydrogen (secondary N) is 1. The molecule has 0 spiro atoms. The number of aryl methyl sites for hydroxylation is 1. The number of hydrogen-bond donors (Lipinski definition) is 4. The van der Waals surface area contributed by atoms with Crippen molar-refractivity contribution in [2.24, 2.45) is 15.9 Å². The predicted octanol–water partition coefficient (Wildman–Crippen LogP) is 1.62. The Labute approximate surface area is 137 Å². The Balaban J connectivity index is 0.000000231. The Morgan fingerprint density at radius 1 is 1.30 bits per heavy atom. The van der Waals surface area contributed by atoms with Crippen molar-refractivity contribution in [2.45, 2.75) is 11.8 Å². The summed E-state index contributed by atoms with van der Waals surface area (Å²) in [6.07, 6.45) is 1.55. The molecule has 1 aromatic carbocycles. The zero-order chi connectivity index (χ0) is 17.3. The van der Waals surface area contributed by atoms with Gasteiger partial charge in [0.05, 0.1) is 11.1 Å². The highest BCUT2D eigenvalue weighted by Crippen LogP contribution is 2.08. The van der Waals surface area contributed by atoms with E-state index in [1.165, 1.54) is 23.5 Å². The second-order valence-corrected chi connectivity index (χ2v) is 6.55. The van der Waals surface area contributed by atoms with Gasteiger partial charge in [-0.2, -0.15) is 13.5 Å². The standard InChI is InChI=1S/C7H8O3S.C6H8N4OS/c1-6-2-4-7(5-3-6)11(8,9)10;7-6(10-11)9-8-4-5-2-1-3-12-5/h2-5H,1H3,(H,8,9,10);1-4,11H,(H3,7,9,10). The number of rotatable bonds is 3. The first-order valence-electron chi connectivity index (χ1n) is 6.17. The molecule has 0 saturated heterocycles. The maximum Gasteiger partial charge on any atom is 0.294 e. The quantitative estimate of drug-likeness (QED) is 0.285. The third-order valence-electron chi connectivity index (χ3n) is 2.33. The van der Waals surface area contributed by atoms with E-state index >= 15 is 0 Å². The van der Waals surface area contributed by atoms with Crippen molar-refractivity contribution in [3.63, 3.8) is 0 Å². The average Bonchev–Trinajstić information content (AvgIpc) is 3.00. The molecule has 0 fully saturated rings. The first kappa shape index (κ1) is 18.8. The van der Waals surface area contributed by atoms with Crippen LogP contribution in [0.25, 0.3) is 0 Å². The Bertz CT molecular complexity index is 754. The Morgan fingerprint density at radius 3 is 2.43 bits per heavy atom. The van der Waals surface area contributed by atoms with E-state index in [1.807, 2.05) is 24.4 Å². The fraction of sp³-hybridized carbons (Fsp3) is 0.0769. The third-order valence-corrected chi connectivity index (χ3v) is 4.00. The molecule has 1 aromatic heterocycles. The van der Waals surface area contributed by atoms with Gasteiger partial charge in [0.25, 0.3) is 10.1 Å². The van der Waals surface area contributed by atoms with Crippen LogP contribution in [0, 0.1) is 6.92 Å². The summed E-state index contributed by atoms with van der Waals surface area (Å²) >= 11 is 1.54. The van der Waals surface area contributed by atoms with Crippen molar-refractivity contribution in [2.75, 3.05) is 0 Å². The lowest BCUT2D eigenvalue weighted by Crippen LogP contribution is -2.27. The number of thiophene rings is 1. The highest BCUT2D eigenvalue weighted by Gasteiger charge is 2.06. The molecule has 1 heterocycles. The second kappa shape index (κ2) is 9.00. The summed E-state index contributed by atoms with van der Waals surface area (Å²) in [6.45, 7) is 1.84. The van der Waals surface area contributed by atoms with Gasteiger partial charge in [-0.25, -0.2) is 5.48 Å². The van der Waals surface area contributed by atoms with E-state index in [0.717, 1.165) is 10.4 Å². The molecule has 5 N–H and O–H groups in total. The van der Waals surface area contributed by atoms with Crippen LogP contribution in [0.2, 0.25) is 0 Å². The van der Waals surface area contributed by atoms with Gasteiger partial charge in [0.15, 0.2) is 0 Å². The molecular formula is C13H16N4O4S2. The normalized spacial score (nSPS) is 11.9. The van der Waals surface area contributed by atoms with Crippen molar-refractivity contribution in [3.8, 4) is 0 Å². The van der Waals surface area contributed by atoms with Crippen LogP contribution in [0.4, 0.5) is 0 Å². The minimum absolute atomic E-state index is 0.0666. The molecule has 2 rings (SSSR count). The van der Waals surface area contributed by atoms with Gasteiger partial charge >= 0.3 is 0 Å². The van der Waals surface area contributed by atoms with E-state index in [1.54, 1.807) is 23.8 Å². The summed E-state index contributed by atoms with van der Waals surface area (Å²) in [4.78, 5) is 0.910. The molecule has 0 bridgehead atoms. The fourth-order valence-electron chi connectivity index (χ4n) is 1.25. The summed E-state index contributed by atoms with van der Waals surface area (Å²) in [5.74, 6) is -0.136. The van der Waals surface area contributed by atoms with E-state index in [-0.39, 0.29) is 10.9 Å². The van der Waals surface area contributed by atoms with Crippen LogP contribution in [-0.4, -0.2) is 30.4 Å². The minimum atomic E-state index is -4.02. The van der Waals surface area contributed by atoms with Gasteiger partial charge in [0.2, 0.25) is 5.96 Å². The van der Waals surface area contributed by atoms with Gasteiger partial charge in [0, 0.05) is 4.88 Å². The zero-order valence-corrected chi connectivity index (χ0v) is 13.8. The monoisotopic (exact) mass is 356 g/mol. The van der Waals surface area contributed by atoms with Crippen molar-refractivity contribution >= 4 is 33.6 Å². The molecule has 0 radical (unpaired) electrons. The molecule has 10 heteroatoms. The second-order valence-electron chi connectivity index (χ2n) is 4.15. The molecule has 0 unspecified atom stereocenters. The SMILES string of the molecule is Cc1ccc(S(=O)(=O)O)cc1.N/C(=N\N=Cc1cccs1)NO. The van der Waals surface area contributed by atoms with E-state index in [4.69, 9.17) is 15.5 Å². The summed E-state index contributed by atoms with van der Waals surface area (Å²) < 4.78 is 29.6. The predicted molar refractivity (Wildman–Crippen MR) is 89.5 cm³/mol. The lowest BCUT2D eigenvalue weighted by Gasteiger charge is -1.95. The lowest BCUT2D eigenvalue weighted by molar-refractivity contribution is 0.232. The zero-order valence-electron chi connectivity index (χ0n) is 12.1. The molecule has 124 valence electrons. The Kier molecular flexibility index (Phi) is 7.35. The molecule has 0 atom stereocenters. The van der Waals surface area contributed by atoms with Crippen LogP contribution in [0.1, 0.15) is 10.4 Å². The van der Waals surface area contributed by atoms with Crippen molar-refractivity contribution in [1.82, 2.24) is 5.48 Å². The van der Waals surface area contributed by atoms with Crippen LogP contribution < -0.4 is 11.2 Å². The molecule has 0 aliphatic heterocycles. The van der Waals surface area contributed by atoms with E-state index in [9.17, 15) is 8.42 Å². The number of benzene rings is 1. The molecule has 0 saturated carbocycles. The topological polar surface area (TPSA) is 137 Å². The largest absolute Gasteiger partial charge is 0.367 e. The highest BCUT2D eigenvalue weighted by atomic mass is 32.2. The van der Waals surface area contributed by atoms with E-state index in [2.05, 4.69) is 10.2 Å². The van der Waals surface area contributed by atoms with Gasteiger partial charge in [-0.05, 0) is 30.5 Å². The van der Waals surface area contributed by atoms with Gasteiger partial charge in [-0.1, -0.05) is 23.8 Å². The maximum absolute atomic E-state index is 10.5. The van der Waals surface area contributed by atoms with Crippen molar-refractivity contribution in [3.05, 3.63) is 52.2 Å². The molecule has 0 aliphatic carbocycles. The minimum Gasteiger partial charge on any atom is -0.367 e. The fourth-order valence-corrected chi connectivity index (χ4v) is 2.30. The van der Waals surface area contributed by atoms with Gasteiger partial charge in [0.1, 0.15) is 0 Å². The van der Waals surface area contributed by atoms with Gasteiger partial charge in [-0.15, -0.1) is 16.4 Å². The van der Waals surface area contributed by atoms with Crippen molar-refractivity contribution in [1.29, 1.82) is 0 Å². The number of nitrogens with two attached hydrogens (primary N) is 1. The summed E-state index contributed by atoms with van der Waals surface area (Å²) in [6, 6.07) is 9.79. The smallest absolute Gasteiger partial charge is 0.294 e. The van der Waals surface area contributed by atoms with Gasteiger partial charge < -0.3 is 5.73 Å². The van der Waals surface area contributed by atoms with Crippen LogP contribution in [-0.2, 0) is 10.1 Å². The first-order chi connectivity index (χ1) is 10.8. The number of guanidine groups is 1. The average molecular weight is 356 g/mol. The van der Waals surface area contributed by atoms with Crippen LogP contribution >= 0.6 is 11.3 Å². The first-order valence-corrected chi connectivity index (χ1v) is 8.49.